The fourth-order valence-corrected chi connectivity index (χ4v) is 5.54. The third-order valence-corrected chi connectivity index (χ3v) is 7.53. The highest BCUT2D eigenvalue weighted by Crippen LogP contribution is 2.46. The van der Waals surface area contributed by atoms with E-state index in [0.29, 0.717) is 35.6 Å². The number of ketones is 1. The van der Waals surface area contributed by atoms with Gasteiger partial charge >= 0.3 is 0 Å². The summed E-state index contributed by atoms with van der Waals surface area (Å²) in [6.07, 6.45) is 2.32. The van der Waals surface area contributed by atoms with Crippen molar-refractivity contribution in [3.05, 3.63) is 70.9 Å². The van der Waals surface area contributed by atoms with Crippen molar-refractivity contribution in [2.24, 2.45) is 5.41 Å². The lowest BCUT2D eigenvalue weighted by molar-refractivity contribution is -0.118. The van der Waals surface area contributed by atoms with Gasteiger partial charge in [-0.1, -0.05) is 68.9 Å². The van der Waals surface area contributed by atoms with Gasteiger partial charge in [-0.05, 0) is 41.5 Å². The number of hydrogen-bond donors (Lipinski definition) is 1. The Kier molecular flexibility index (Phi) is 6.79. The third-order valence-electron chi connectivity index (χ3n) is 6.49. The number of anilines is 1. The van der Waals surface area contributed by atoms with Crippen LogP contribution >= 0.6 is 11.8 Å². The normalized spacial score (nSPS) is 18.3. The summed E-state index contributed by atoms with van der Waals surface area (Å²) in [6, 6.07) is 15.5. The highest BCUT2D eigenvalue weighted by Gasteiger charge is 2.42. The van der Waals surface area contributed by atoms with E-state index in [0.717, 1.165) is 41.0 Å². The van der Waals surface area contributed by atoms with Crippen LogP contribution in [-0.4, -0.2) is 33.4 Å². The van der Waals surface area contributed by atoms with Crippen molar-refractivity contribution in [1.82, 2.24) is 14.8 Å². The van der Waals surface area contributed by atoms with Crippen LogP contribution in [-0.2, 0) is 11.4 Å². The lowest BCUT2D eigenvalue weighted by Crippen LogP contribution is -2.36. The second kappa shape index (κ2) is 10.0. The number of nitrogens with zero attached hydrogens (tertiary/aromatic N) is 3. The Hall–Kier alpha value is -3.26. The van der Waals surface area contributed by atoms with Crippen LogP contribution in [0.4, 0.5) is 5.95 Å². The highest BCUT2D eigenvalue weighted by atomic mass is 32.2. The molecule has 188 valence electrons. The highest BCUT2D eigenvalue weighted by molar-refractivity contribution is 7.99. The minimum Gasteiger partial charge on any atom is -0.493 e. The molecule has 0 amide bonds. The van der Waals surface area contributed by atoms with Crippen LogP contribution in [0.15, 0.2) is 65.0 Å². The Labute approximate surface area is 216 Å². The molecule has 1 aromatic heterocycles. The summed E-state index contributed by atoms with van der Waals surface area (Å²) in [7, 11) is 1.64. The molecule has 2 heterocycles. The molecule has 1 unspecified atom stereocenters. The number of aromatic nitrogens is 3. The van der Waals surface area contributed by atoms with Crippen LogP contribution < -0.4 is 14.8 Å². The number of carbonyl (C=O) groups is 1. The first-order chi connectivity index (χ1) is 17.4. The number of carbonyl (C=O) groups excluding carboxylic acids is 1. The van der Waals surface area contributed by atoms with E-state index in [4.69, 9.17) is 19.6 Å². The molecule has 0 bridgehead atoms. The number of ether oxygens (including phenoxy) is 2. The summed E-state index contributed by atoms with van der Waals surface area (Å²) in [4.78, 5) is 18.2. The van der Waals surface area contributed by atoms with E-state index in [1.54, 1.807) is 18.9 Å². The summed E-state index contributed by atoms with van der Waals surface area (Å²) < 4.78 is 13.6. The first-order valence-corrected chi connectivity index (χ1v) is 13.3. The fourth-order valence-electron chi connectivity index (χ4n) is 4.86. The van der Waals surface area contributed by atoms with Gasteiger partial charge in [0.1, 0.15) is 12.6 Å². The zero-order valence-electron chi connectivity index (χ0n) is 21.2. The van der Waals surface area contributed by atoms with Crippen molar-refractivity contribution in [3.8, 4) is 11.5 Å². The average molecular weight is 505 g/mol. The molecule has 1 N–H and O–H groups in total. The van der Waals surface area contributed by atoms with Gasteiger partial charge in [0, 0.05) is 23.4 Å². The number of Topliss-reactive ketones (excluding diaryl/α,β-unsaturated/α-hetero) is 1. The van der Waals surface area contributed by atoms with Crippen LogP contribution in [0.1, 0.15) is 57.2 Å². The molecule has 0 fully saturated rings. The van der Waals surface area contributed by atoms with E-state index in [1.165, 1.54) is 0 Å². The van der Waals surface area contributed by atoms with Crippen LogP contribution in [0, 0.1) is 5.41 Å². The third kappa shape index (κ3) is 4.87. The second-order valence-corrected chi connectivity index (χ2v) is 11.1. The van der Waals surface area contributed by atoms with Gasteiger partial charge in [-0.25, -0.2) is 4.68 Å². The van der Waals surface area contributed by atoms with Crippen LogP contribution in [0.25, 0.3) is 0 Å². The minimum absolute atomic E-state index is 0.109. The van der Waals surface area contributed by atoms with Gasteiger partial charge in [-0.2, -0.15) is 4.98 Å². The number of nitrogens with one attached hydrogen (secondary N) is 1. The van der Waals surface area contributed by atoms with Gasteiger partial charge in [0.05, 0.1) is 7.11 Å². The number of thioether (sulfide) groups is 1. The summed E-state index contributed by atoms with van der Waals surface area (Å²) in [5.74, 6) is 3.03. The van der Waals surface area contributed by atoms with Crippen LogP contribution in [0.2, 0.25) is 0 Å². The number of fused-ring (bicyclic) bond motifs is 1. The van der Waals surface area contributed by atoms with Crippen molar-refractivity contribution in [3.63, 3.8) is 0 Å². The molecule has 7 nitrogen and oxygen atoms in total. The number of hydrogen-bond acceptors (Lipinski definition) is 7. The predicted molar refractivity (Wildman–Crippen MR) is 142 cm³/mol. The summed E-state index contributed by atoms with van der Waals surface area (Å²) in [5, 5.41) is 8.96. The van der Waals surface area contributed by atoms with Crippen molar-refractivity contribution in [2.75, 3.05) is 18.2 Å². The standard InChI is InChI=1S/C28H32N4O3S/c1-5-13-36-27-30-26-29-20-15-28(2,3)16-21(33)24(20)25(32(26)31-27)19-11-12-22(23(14-19)34-4)35-17-18-9-7-6-8-10-18/h6-12,14,25H,5,13,15-17H2,1-4H3,(H,29,30,31). The molecule has 3 aromatic rings. The Morgan fingerprint density at radius 3 is 2.69 bits per heavy atom. The molecule has 5 rings (SSSR count). The topological polar surface area (TPSA) is 78.3 Å². The smallest absolute Gasteiger partial charge is 0.227 e. The summed E-state index contributed by atoms with van der Waals surface area (Å²) in [5.41, 5.74) is 3.59. The van der Waals surface area contributed by atoms with E-state index in [9.17, 15) is 4.79 Å². The molecular formula is C28H32N4O3S. The number of rotatable bonds is 8. The monoisotopic (exact) mass is 504 g/mol. The zero-order valence-corrected chi connectivity index (χ0v) is 22.0. The van der Waals surface area contributed by atoms with Crippen molar-refractivity contribution in [1.29, 1.82) is 0 Å². The van der Waals surface area contributed by atoms with Crippen molar-refractivity contribution in [2.45, 2.75) is 57.8 Å². The molecule has 0 radical (unpaired) electrons. The minimum atomic E-state index is -0.375. The van der Waals surface area contributed by atoms with E-state index in [2.05, 4.69) is 26.1 Å². The lowest BCUT2D eigenvalue weighted by Gasteiger charge is -2.38. The Morgan fingerprint density at radius 2 is 1.94 bits per heavy atom. The van der Waals surface area contributed by atoms with Gasteiger partial charge in [0.15, 0.2) is 17.3 Å². The van der Waals surface area contributed by atoms with Gasteiger partial charge in [-0.3, -0.25) is 4.79 Å². The first kappa shape index (κ1) is 24.4. The SMILES string of the molecule is CCCSc1nc2n(n1)C(c1ccc(OCc3ccccc3)c(OC)c1)C1=C(CC(C)(C)CC1=O)N2. The maximum Gasteiger partial charge on any atom is 0.227 e. The van der Waals surface area contributed by atoms with Crippen LogP contribution in [0.3, 0.4) is 0 Å². The first-order valence-electron chi connectivity index (χ1n) is 12.4. The molecule has 1 aliphatic heterocycles. The molecule has 8 heteroatoms. The van der Waals surface area contributed by atoms with E-state index in [-0.39, 0.29) is 17.2 Å². The number of methoxy groups -OCH3 is 1. The molecule has 1 atom stereocenters. The van der Waals surface area contributed by atoms with E-state index < -0.39 is 0 Å². The van der Waals surface area contributed by atoms with Crippen molar-refractivity contribution < 1.29 is 14.3 Å². The van der Waals surface area contributed by atoms with Crippen LogP contribution in [0.5, 0.6) is 11.5 Å². The molecule has 0 saturated carbocycles. The quantitative estimate of drug-likeness (QED) is 0.376. The largest absolute Gasteiger partial charge is 0.493 e. The molecule has 2 aliphatic rings. The molecule has 36 heavy (non-hydrogen) atoms. The van der Waals surface area contributed by atoms with Gasteiger partial charge < -0.3 is 14.8 Å². The molecule has 0 saturated heterocycles. The van der Waals surface area contributed by atoms with E-state index in [1.807, 2.05) is 53.2 Å². The lowest BCUT2D eigenvalue weighted by atomic mass is 9.73. The fraction of sp³-hybridized carbons (Fsp3) is 0.393. The van der Waals surface area contributed by atoms with Gasteiger partial charge in [0.25, 0.3) is 0 Å². The maximum absolute atomic E-state index is 13.5. The molecule has 2 aromatic carbocycles. The molecule has 1 aliphatic carbocycles. The predicted octanol–water partition coefficient (Wildman–Crippen LogP) is 6.03. The number of benzene rings is 2. The zero-order chi connectivity index (χ0) is 25.3. The van der Waals surface area contributed by atoms with Crippen molar-refractivity contribution >= 4 is 23.5 Å². The Bertz CT molecular complexity index is 1300. The molecular weight excluding hydrogens is 472 g/mol. The average Bonchev–Trinajstić information content (AvgIpc) is 3.27. The summed E-state index contributed by atoms with van der Waals surface area (Å²) >= 11 is 1.63. The Balaban J connectivity index is 1.53. The van der Waals surface area contributed by atoms with Gasteiger partial charge in [0.2, 0.25) is 11.1 Å². The number of allylic oxidation sites excluding steroid dienone is 2. The molecule has 0 spiro atoms. The van der Waals surface area contributed by atoms with Gasteiger partial charge in [-0.15, -0.1) is 5.10 Å². The Morgan fingerprint density at radius 1 is 1.14 bits per heavy atom. The summed E-state index contributed by atoms with van der Waals surface area (Å²) in [6.45, 7) is 6.85. The maximum atomic E-state index is 13.5. The second-order valence-electron chi connectivity index (χ2n) is 10.1. The van der Waals surface area contributed by atoms with E-state index >= 15 is 0 Å².